The van der Waals surface area contributed by atoms with Crippen molar-refractivity contribution in [2.75, 3.05) is 6.61 Å². The van der Waals surface area contributed by atoms with Gasteiger partial charge >= 0.3 is 0 Å². The molecule has 3 saturated heterocycles. The summed E-state index contributed by atoms with van der Waals surface area (Å²) in [4.78, 5) is 0.114. The van der Waals surface area contributed by atoms with E-state index in [-0.39, 0.29) is 17.6 Å². The summed E-state index contributed by atoms with van der Waals surface area (Å²) in [5, 5.41) is 0. The fourth-order valence-corrected chi connectivity index (χ4v) is 4.37. The predicted octanol–water partition coefficient (Wildman–Crippen LogP) is 1.34. The molecule has 3 heterocycles. The minimum Gasteiger partial charge on any atom is -0.370 e. The number of aryl methyl sites for hydroxylation is 1. The van der Waals surface area contributed by atoms with Gasteiger partial charge in [0, 0.05) is 0 Å². The molecule has 0 aliphatic carbocycles. The van der Waals surface area contributed by atoms with E-state index < -0.39 is 40.5 Å². The van der Waals surface area contributed by atoms with Gasteiger partial charge < -0.3 is 18.9 Å². The zero-order chi connectivity index (χ0) is 17.1. The standard InChI is InChI=1S/C16H20O7S/c1-9-4-6-10(7-5-9)24(17,18)23-11-8-19-13-12(11)20-15-14(13)21-16(2,3)22-15/h4-7,11-15H,8H2,1-3H3/t11-,12-,13+,14-,15+/m1/s1. The largest absolute Gasteiger partial charge is 0.370 e. The summed E-state index contributed by atoms with van der Waals surface area (Å²) < 4.78 is 53.2. The fraction of sp³-hybridized carbons (Fsp3) is 0.625. The van der Waals surface area contributed by atoms with Gasteiger partial charge in [-0.1, -0.05) is 17.7 Å². The van der Waals surface area contributed by atoms with Crippen molar-refractivity contribution in [3.63, 3.8) is 0 Å². The predicted molar refractivity (Wildman–Crippen MR) is 81.7 cm³/mol. The van der Waals surface area contributed by atoms with Crippen LogP contribution in [0.5, 0.6) is 0 Å². The molecule has 0 saturated carbocycles. The van der Waals surface area contributed by atoms with Crippen LogP contribution in [0.2, 0.25) is 0 Å². The molecule has 1 aromatic rings. The van der Waals surface area contributed by atoms with Crippen molar-refractivity contribution in [2.45, 2.75) is 62.2 Å². The summed E-state index contributed by atoms with van der Waals surface area (Å²) >= 11 is 0. The Kier molecular flexibility index (Phi) is 3.76. The zero-order valence-electron chi connectivity index (χ0n) is 13.7. The molecule has 0 unspecified atom stereocenters. The highest BCUT2D eigenvalue weighted by Gasteiger charge is 2.60. The molecule has 3 aliphatic rings. The van der Waals surface area contributed by atoms with Crippen LogP contribution in [0.1, 0.15) is 19.4 Å². The van der Waals surface area contributed by atoms with Crippen LogP contribution < -0.4 is 0 Å². The minimum atomic E-state index is -3.89. The average molecular weight is 356 g/mol. The van der Waals surface area contributed by atoms with Gasteiger partial charge in [-0.2, -0.15) is 8.42 Å². The minimum absolute atomic E-state index is 0.114. The highest BCUT2D eigenvalue weighted by atomic mass is 32.2. The van der Waals surface area contributed by atoms with Crippen LogP contribution in [-0.4, -0.2) is 51.5 Å². The molecule has 7 nitrogen and oxygen atoms in total. The third kappa shape index (κ3) is 2.77. The van der Waals surface area contributed by atoms with Gasteiger partial charge in [-0.15, -0.1) is 0 Å². The molecule has 8 heteroatoms. The lowest BCUT2D eigenvalue weighted by molar-refractivity contribution is -0.213. The van der Waals surface area contributed by atoms with Crippen LogP contribution in [0.4, 0.5) is 0 Å². The Morgan fingerprint density at radius 1 is 1.08 bits per heavy atom. The quantitative estimate of drug-likeness (QED) is 0.756. The first-order valence-electron chi connectivity index (χ1n) is 7.88. The Labute approximate surface area is 140 Å². The molecule has 3 fully saturated rings. The number of ether oxygens (including phenoxy) is 4. The van der Waals surface area contributed by atoms with Crippen molar-refractivity contribution in [1.82, 2.24) is 0 Å². The zero-order valence-corrected chi connectivity index (χ0v) is 14.5. The lowest BCUT2D eigenvalue weighted by atomic mass is 10.1. The van der Waals surface area contributed by atoms with Gasteiger partial charge in [0.25, 0.3) is 10.1 Å². The van der Waals surface area contributed by atoms with E-state index >= 15 is 0 Å². The Balaban J connectivity index is 1.49. The number of hydrogen-bond donors (Lipinski definition) is 0. The smallest absolute Gasteiger partial charge is 0.297 e. The Hall–Kier alpha value is -1.03. The first-order valence-corrected chi connectivity index (χ1v) is 9.29. The topological polar surface area (TPSA) is 80.3 Å². The third-order valence-electron chi connectivity index (χ3n) is 4.41. The van der Waals surface area contributed by atoms with Gasteiger partial charge in [-0.3, -0.25) is 4.18 Å². The maximum Gasteiger partial charge on any atom is 0.297 e. The SMILES string of the molecule is Cc1ccc(S(=O)(=O)O[C@@H]2CO[C@@H]3[C@H]4OC(C)(C)O[C@@H]4O[C@@H]32)cc1. The highest BCUT2D eigenvalue weighted by molar-refractivity contribution is 7.86. The first-order chi connectivity index (χ1) is 11.3. The maximum atomic E-state index is 12.4. The van der Waals surface area contributed by atoms with Crippen LogP contribution in [0.3, 0.4) is 0 Å². The molecule has 0 aromatic heterocycles. The number of hydrogen-bond acceptors (Lipinski definition) is 7. The van der Waals surface area contributed by atoms with Crippen LogP contribution in [-0.2, 0) is 33.2 Å². The second kappa shape index (κ2) is 5.48. The fourth-order valence-electron chi connectivity index (χ4n) is 3.30. The first kappa shape index (κ1) is 16.4. The summed E-state index contributed by atoms with van der Waals surface area (Å²) in [7, 11) is -3.89. The van der Waals surface area contributed by atoms with Crippen LogP contribution in [0.25, 0.3) is 0 Å². The monoisotopic (exact) mass is 356 g/mol. The van der Waals surface area contributed by atoms with Gasteiger partial charge in [0.05, 0.1) is 11.5 Å². The maximum absolute atomic E-state index is 12.4. The Bertz CT molecular complexity index is 727. The molecule has 0 spiro atoms. The van der Waals surface area contributed by atoms with Gasteiger partial charge in [0.2, 0.25) is 0 Å². The van der Waals surface area contributed by atoms with E-state index in [1.54, 1.807) is 26.0 Å². The molecule has 24 heavy (non-hydrogen) atoms. The molecule has 0 amide bonds. The summed E-state index contributed by atoms with van der Waals surface area (Å²) in [5.41, 5.74) is 0.974. The molecule has 5 atom stereocenters. The molecule has 3 aliphatic heterocycles. The van der Waals surface area contributed by atoms with Crippen molar-refractivity contribution in [1.29, 1.82) is 0 Å². The van der Waals surface area contributed by atoms with Crippen LogP contribution in [0.15, 0.2) is 29.2 Å². The molecule has 132 valence electrons. The van der Waals surface area contributed by atoms with Crippen molar-refractivity contribution in [3.05, 3.63) is 29.8 Å². The molecule has 0 N–H and O–H groups in total. The Morgan fingerprint density at radius 3 is 2.50 bits per heavy atom. The highest BCUT2D eigenvalue weighted by Crippen LogP contribution is 2.43. The van der Waals surface area contributed by atoms with Gasteiger partial charge in [0.15, 0.2) is 12.1 Å². The lowest BCUT2D eigenvalue weighted by Gasteiger charge is -2.22. The molecule has 0 radical (unpaired) electrons. The van der Waals surface area contributed by atoms with Crippen molar-refractivity contribution in [2.24, 2.45) is 0 Å². The average Bonchev–Trinajstić information content (AvgIpc) is 3.09. The Morgan fingerprint density at radius 2 is 1.79 bits per heavy atom. The van der Waals surface area contributed by atoms with E-state index in [0.29, 0.717) is 0 Å². The molecule has 4 rings (SSSR count). The van der Waals surface area contributed by atoms with E-state index in [1.165, 1.54) is 12.1 Å². The summed E-state index contributed by atoms with van der Waals surface area (Å²) in [6.45, 7) is 5.62. The molecule has 1 aromatic carbocycles. The number of fused-ring (bicyclic) bond motifs is 3. The molecular formula is C16H20O7S. The number of rotatable bonds is 3. The van der Waals surface area contributed by atoms with E-state index in [9.17, 15) is 8.42 Å². The van der Waals surface area contributed by atoms with E-state index in [2.05, 4.69) is 0 Å². The lowest BCUT2D eigenvalue weighted by Crippen LogP contribution is -2.37. The van der Waals surface area contributed by atoms with Gasteiger partial charge in [-0.05, 0) is 32.9 Å². The van der Waals surface area contributed by atoms with Crippen molar-refractivity contribution >= 4 is 10.1 Å². The van der Waals surface area contributed by atoms with Crippen molar-refractivity contribution < 1.29 is 31.5 Å². The van der Waals surface area contributed by atoms with Crippen LogP contribution >= 0.6 is 0 Å². The summed E-state index contributed by atoms with van der Waals surface area (Å²) in [6.07, 6.45) is -2.59. The number of benzene rings is 1. The van der Waals surface area contributed by atoms with Crippen molar-refractivity contribution in [3.8, 4) is 0 Å². The van der Waals surface area contributed by atoms with Gasteiger partial charge in [-0.25, -0.2) is 0 Å². The van der Waals surface area contributed by atoms with Crippen LogP contribution in [0, 0.1) is 6.92 Å². The third-order valence-corrected chi connectivity index (χ3v) is 5.76. The normalized spacial score (nSPS) is 37.4. The van der Waals surface area contributed by atoms with E-state index in [1.807, 2.05) is 6.92 Å². The second-order valence-corrected chi connectivity index (χ2v) is 8.34. The summed E-state index contributed by atoms with van der Waals surface area (Å²) in [5.74, 6) is -0.740. The molecular weight excluding hydrogens is 336 g/mol. The summed E-state index contributed by atoms with van der Waals surface area (Å²) in [6, 6.07) is 6.50. The van der Waals surface area contributed by atoms with E-state index in [4.69, 9.17) is 23.1 Å². The van der Waals surface area contributed by atoms with E-state index in [0.717, 1.165) is 5.56 Å². The molecule has 0 bridgehead atoms. The second-order valence-electron chi connectivity index (χ2n) is 6.77. The van der Waals surface area contributed by atoms with Gasteiger partial charge in [0.1, 0.15) is 24.4 Å².